The van der Waals surface area contributed by atoms with Gasteiger partial charge in [-0.2, -0.15) is 0 Å². The van der Waals surface area contributed by atoms with E-state index in [2.05, 4.69) is 11.1 Å². The summed E-state index contributed by atoms with van der Waals surface area (Å²) >= 11 is 18.7. The van der Waals surface area contributed by atoms with Crippen LogP contribution in [0.4, 0.5) is 4.79 Å². The van der Waals surface area contributed by atoms with E-state index in [1.54, 1.807) is 44.1 Å². The second-order valence-corrected chi connectivity index (χ2v) is 15.5. The van der Waals surface area contributed by atoms with Crippen LogP contribution in [0.2, 0.25) is 0 Å². The van der Waals surface area contributed by atoms with E-state index in [9.17, 15) is 19.5 Å². The Hall–Kier alpha value is -1.91. The Kier molecular flexibility index (Phi) is 13.8. The minimum absolute atomic E-state index is 0.124. The predicted molar refractivity (Wildman–Crippen MR) is 173 cm³/mol. The maximum absolute atomic E-state index is 13.8. The van der Waals surface area contributed by atoms with E-state index in [0.29, 0.717) is 13.0 Å². The monoisotopic (exact) mass is 676 g/mol. The molecule has 8 nitrogen and oxygen atoms in total. The van der Waals surface area contributed by atoms with Crippen LogP contribution in [-0.2, 0) is 19.1 Å². The number of halogens is 3. The highest BCUT2D eigenvalue weighted by molar-refractivity contribution is 7.09. The first kappa shape index (κ1) is 37.3. The first-order valence-corrected chi connectivity index (χ1v) is 16.1. The molecule has 0 radical (unpaired) electrons. The van der Waals surface area contributed by atoms with Crippen LogP contribution in [0.3, 0.4) is 0 Å². The van der Waals surface area contributed by atoms with E-state index in [1.807, 2.05) is 51.3 Å². The van der Waals surface area contributed by atoms with Crippen molar-refractivity contribution in [1.82, 2.24) is 9.88 Å². The van der Waals surface area contributed by atoms with Gasteiger partial charge in [0.25, 0.3) is 0 Å². The van der Waals surface area contributed by atoms with Crippen molar-refractivity contribution in [3.63, 3.8) is 0 Å². The van der Waals surface area contributed by atoms with Crippen LogP contribution < -0.4 is 0 Å². The third-order valence-corrected chi connectivity index (χ3v) is 8.85. The lowest BCUT2D eigenvalue weighted by atomic mass is 9.73. The molecule has 1 amide bonds. The minimum Gasteiger partial charge on any atom is -0.430 e. The quantitative estimate of drug-likeness (QED) is 0.263. The van der Waals surface area contributed by atoms with Crippen molar-refractivity contribution in [1.29, 1.82) is 0 Å². The molecule has 0 spiro atoms. The van der Waals surface area contributed by atoms with Crippen molar-refractivity contribution in [2.24, 2.45) is 23.2 Å². The third-order valence-electron chi connectivity index (χ3n) is 7.74. The van der Waals surface area contributed by atoms with Gasteiger partial charge >= 0.3 is 6.16 Å². The zero-order chi connectivity index (χ0) is 32.7. The Morgan fingerprint density at radius 2 is 1.91 bits per heavy atom. The van der Waals surface area contributed by atoms with E-state index in [1.165, 1.54) is 0 Å². The number of aliphatic hydroxyl groups is 1. The molecular weight excluding hydrogens is 635 g/mol. The Balaban J connectivity index is 2.47. The molecule has 240 valence electrons. The Morgan fingerprint density at radius 3 is 2.49 bits per heavy atom. The van der Waals surface area contributed by atoms with Gasteiger partial charge in [-0.15, -0.1) is 11.3 Å². The molecule has 1 aliphatic rings. The normalized spacial score (nSPS) is 26.7. The molecule has 0 aliphatic carbocycles. The number of ketones is 1. The molecule has 1 aromatic rings. The molecule has 0 saturated heterocycles. The Labute approximate surface area is 274 Å². The van der Waals surface area contributed by atoms with Crippen LogP contribution in [0, 0.1) is 30.1 Å². The van der Waals surface area contributed by atoms with Gasteiger partial charge in [-0.3, -0.25) is 9.59 Å². The van der Waals surface area contributed by atoms with E-state index in [-0.39, 0.29) is 29.9 Å². The molecule has 12 heteroatoms. The molecule has 1 aliphatic heterocycles. The van der Waals surface area contributed by atoms with Crippen molar-refractivity contribution < 1.29 is 29.0 Å². The predicted octanol–water partition coefficient (Wildman–Crippen LogP) is 7.35. The smallest absolute Gasteiger partial charge is 0.430 e. The summed E-state index contributed by atoms with van der Waals surface area (Å²) in [7, 11) is 1.69. The number of amides is 1. The molecule has 5 atom stereocenters. The maximum atomic E-state index is 13.8. The number of Topliss-reactive ketones (excluding diaryl/α,β-unsaturated/α-hetero) is 1. The lowest BCUT2D eigenvalue weighted by molar-refractivity contribution is -0.145. The number of nitrogens with zero attached hydrogens (tertiary/aromatic N) is 2. The summed E-state index contributed by atoms with van der Waals surface area (Å²) in [5.74, 6) is -1.93. The van der Waals surface area contributed by atoms with Gasteiger partial charge in [0.05, 0.1) is 34.6 Å². The number of allylic oxidation sites excluding steroid dienone is 3. The topological polar surface area (TPSA) is 106 Å². The van der Waals surface area contributed by atoms with Crippen molar-refractivity contribution >= 4 is 70.1 Å². The SMILES string of the molecule is CC1=C[C@@H](/C(C)=C/c2csc(C)n2)CN(C)C(=O)C[C@H](O)C(C)(C)C(=O)[C@H](C)[C@@H](OC(=O)OCC(Cl)(Cl)Cl)[C@@H](C)CC=C1. The summed E-state index contributed by atoms with van der Waals surface area (Å²) in [5, 5.41) is 14.1. The number of rotatable bonds is 4. The average molecular weight is 678 g/mol. The van der Waals surface area contributed by atoms with Gasteiger partial charge in [-0.05, 0) is 39.2 Å². The third kappa shape index (κ3) is 11.5. The van der Waals surface area contributed by atoms with Crippen LogP contribution in [-0.4, -0.2) is 69.0 Å². The standard InChI is InChI=1S/C31H43Cl3N2O6S/c1-18-10-9-11-19(2)27(42-29(40)41-17-31(32,33)34)21(4)28(39)30(6,7)25(37)14-26(38)36(8)15-23(12-18)20(3)13-24-16-43-22(5)35-24/h9-10,12-13,16,19,21,23,25,27,37H,11,14-15,17H2,1-8H3/b10-9?,18-12?,20-13+/t19-,21+,23+,25-,27-/m0/s1. The van der Waals surface area contributed by atoms with Crippen LogP contribution in [0.15, 0.2) is 34.8 Å². The van der Waals surface area contributed by atoms with Crippen molar-refractivity contribution in [3.8, 4) is 0 Å². The highest BCUT2D eigenvalue weighted by Gasteiger charge is 2.44. The van der Waals surface area contributed by atoms with E-state index >= 15 is 0 Å². The van der Waals surface area contributed by atoms with E-state index < -0.39 is 40.1 Å². The van der Waals surface area contributed by atoms with Gasteiger partial charge in [0.2, 0.25) is 9.70 Å². The van der Waals surface area contributed by atoms with Gasteiger partial charge in [-0.1, -0.05) is 91.9 Å². The molecule has 0 aromatic carbocycles. The zero-order valence-electron chi connectivity index (χ0n) is 26.0. The Morgan fingerprint density at radius 1 is 1.26 bits per heavy atom. The van der Waals surface area contributed by atoms with E-state index in [4.69, 9.17) is 44.3 Å². The number of thiazole rings is 1. The number of carbonyl (C=O) groups excluding carboxylic acids is 3. The van der Waals surface area contributed by atoms with Crippen molar-refractivity contribution in [2.75, 3.05) is 20.2 Å². The zero-order valence-corrected chi connectivity index (χ0v) is 29.1. The highest BCUT2D eigenvalue weighted by Crippen LogP contribution is 2.34. The van der Waals surface area contributed by atoms with Crippen molar-refractivity contribution in [3.05, 3.63) is 45.5 Å². The molecule has 0 bridgehead atoms. The molecule has 2 rings (SSSR count). The number of aromatic nitrogens is 1. The number of hydrogen-bond acceptors (Lipinski definition) is 8. The van der Waals surface area contributed by atoms with Gasteiger partial charge in [0, 0.05) is 24.9 Å². The lowest BCUT2D eigenvalue weighted by Crippen LogP contribution is -2.47. The van der Waals surface area contributed by atoms with Gasteiger partial charge in [0.1, 0.15) is 18.5 Å². The number of ether oxygens (including phenoxy) is 2. The fraction of sp³-hybridized carbons (Fsp3) is 0.613. The number of alkyl halides is 3. The number of aryl methyl sites for hydroxylation is 1. The molecule has 1 N–H and O–H groups in total. The minimum atomic E-state index is -1.82. The summed E-state index contributed by atoms with van der Waals surface area (Å²) in [6.45, 7) is 12.5. The largest absolute Gasteiger partial charge is 0.508 e. The van der Waals surface area contributed by atoms with Gasteiger partial charge in [-0.25, -0.2) is 9.78 Å². The second-order valence-electron chi connectivity index (χ2n) is 11.9. The summed E-state index contributed by atoms with van der Waals surface area (Å²) in [6.07, 6.45) is 4.99. The summed E-state index contributed by atoms with van der Waals surface area (Å²) in [6, 6.07) is 0. The molecule has 0 fully saturated rings. The molecule has 0 saturated carbocycles. The fourth-order valence-corrected chi connectivity index (χ4v) is 5.69. The number of aliphatic hydroxyl groups excluding tert-OH is 1. The summed E-state index contributed by atoms with van der Waals surface area (Å²) < 4.78 is 8.76. The van der Waals surface area contributed by atoms with Crippen LogP contribution in [0.5, 0.6) is 0 Å². The molecule has 2 heterocycles. The number of hydrogen-bond donors (Lipinski definition) is 1. The summed E-state index contributed by atoms with van der Waals surface area (Å²) in [4.78, 5) is 45.7. The number of carbonyl (C=O) groups is 3. The van der Waals surface area contributed by atoms with Crippen LogP contribution in [0.1, 0.15) is 65.1 Å². The molecule has 1 aromatic heterocycles. The first-order chi connectivity index (χ1) is 19.8. The van der Waals surface area contributed by atoms with Gasteiger partial charge < -0.3 is 19.5 Å². The fourth-order valence-electron chi connectivity index (χ4n) is 4.96. The van der Waals surface area contributed by atoms with Gasteiger partial charge in [0.15, 0.2) is 0 Å². The Bertz CT molecular complexity index is 1240. The van der Waals surface area contributed by atoms with Crippen LogP contribution in [0.25, 0.3) is 6.08 Å². The maximum Gasteiger partial charge on any atom is 0.508 e. The lowest BCUT2D eigenvalue weighted by Gasteiger charge is -2.36. The molecular formula is C31H43Cl3N2O6S. The average Bonchev–Trinajstić information content (AvgIpc) is 3.32. The van der Waals surface area contributed by atoms with Crippen molar-refractivity contribution in [2.45, 2.75) is 77.3 Å². The molecule has 0 unspecified atom stereocenters. The summed E-state index contributed by atoms with van der Waals surface area (Å²) in [5.41, 5.74) is 1.54. The first-order valence-electron chi connectivity index (χ1n) is 14.1. The second kappa shape index (κ2) is 15.9. The highest BCUT2D eigenvalue weighted by atomic mass is 35.6. The van der Waals surface area contributed by atoms with Crippen LogP contribution >= 0.6 is 46.1 Å². The van der Waals surface area contributed by atoms with E-state index in [0.717, 1.165) is 21.8 Å². The molecule has 43 heavy (non-hydrogen) atoms.